The third-order valence-corrected chi connectivity index (χ3v) is 4.68. The maximum absolute atomic E-state index is 12.9. The van der Waals surface area contributed by atoms with E-state index in [0.717, 1.165) is 5.56 Å². The van der Waals surface area contributed by atoms with Crippen LogP contribution in [0.3, 0.4) is 0 Å². The molecule has 3 rings (SSSR count). The van der Waals surface area contributed by atoms with Crippen LogP contribution in [0.4, 0.5) is 10.1 Å². The van der Waals surface area contributed by atoms with E-state index in [9.17, 15) is 9.18 Å². The molecule has 0 N–H and O–H groups in total. The SMILES string of the molecule is O=C1C(=Cc2ccc(F)cc2)SC(=S)N1c1ccccc1Cl. The molecule has 0 atom stereocenters. The third-order valence-electron chi connectivity index (χ3n) is 3.05. The molecular formula is C16H9ClFNOS2. The van der Waals surface area contributed by atoms with Crippen molar-refractivity contribution >= 4 is 57.6 Å². The fourth-order valence-electron chi connectivity index (χ4n) is 2.02. The molecule has 1 aliphatic rings. The molecule has 1 aliphatic heterocycles. The van der Waals surface area contributed by atoms with Gasteiger partial charge in [0.25, 0.3) is 5.91 Å². The summed E-state index contributed by atoms with van der Waals surface area (Å²) in [5.41, 5.74) is 1.30. The number of hydrogen-bond donors (Lipinski definition) is 0. The van der Waals surface area contributed by atoms with Gasteiger partial charge in [0, 0.05) is 0 Å². The molecule has 2 aromatic carbocycles. The molecule has 22 heavy (non-hydrogen) atoms. The van der Waals surface area contributed by atoms with Crippen molar-refractivity contribution in [2.75, 3.05) is 4.90 Å². The second-order valence-corrected chi connectivity index (χ2v) is 6.60. The Bertz CT molecular complexity index is 789. The van der Waals surface area contributed by atoms with Crippen LogP contribution in [0, 0.1) is 5.82 Å². The number of thiocarbonyl (C=S) groups is 1. The number of thioether (sulfide) groups is 1. The van der Waals surface area contributed by atoms with Crippen molar-refractivity contribution in [3.05, 3.63) is 69.8 Å². The highest BCUT2D eigenvalue weighted by Crippen LogP contribution is 2.38. The van der Waals surface area contributed by atoms with E-state index in [1.807, 2.05) is 0 Å². The summed E-state index contributed by atoms with van der Waals surface area (Å²) in [5, 5.41) is 0.460. The zero-order valence-electron chi connectivity index (χ0n) is 11.1. The summed E-state index contributed by atoms with van der Waals surface area (Å²) in [6.07, 6.45) is 1.69. The van der Waals surface area contributed by atoms with Gasteiger partial charge in [0.1, 0.15) is 5.82 Å². The van der Waals surface area contributed by atoms with Crippen LogP contribution < -0.4 is 4.90 Å². The zero-order chi connectivity index (χ0) is 15.7. The van der Waals surface area contributed by atoms with Gasteiger partial charge < -0.3 is 0 Å². The Morgan fingerprint density at radius 3 is 2.50 bits per heavy atom. The Kier molecular flexibility index (Phi) is 4.29. The summed E-state index contributed by atoms with van der Waals surface area (Å²) in [6.45, 7) is 0. The average molecular weight is 350 g/mol. The normalized spacial score (nSPS) is 16.6. The predicted molar refractivity (Wildman–Crippen MR) is 93.5 cm³/mol. The molecule has 1 heterocycles. The molecule has 6 heteroatoms. The van der Waals surface area contributed by atoms with E-state index in [0.29, 0.717) is 19.9 Å². The lowest BCUT2D eigenvalue weighted by molar-refractivity contribution is -0.113. The fraction of sp³-hybridized carbons (Fsp3) is 0. The molecule has 1 saturated heterocycles. The smallest absolute Gasteiger partial charge is 0.268 e. The van der Waals surface area contributed by atoms with Crippen molar-refractivity contribution in [1.29, 1.82) is 0 Å². The molecular weight excluding hydrogens is 341 g/mol. The number of carbonyl (C=O) groups excluding carboxylic acids is 1. The molecule has 2 aromatic rings. The van der Waals surface area contributed by atoms with E-state index in [1.165, 1.54) is 28.8 Å². The molecule has 2 nitrogen and oxygen atoms in total. The molecule has 0 spiro atoms. The van der Waals surface area contributed by atoms with Gasteiger partial charge in [-0.15, -0.1) is 0 Å². The largest absolute Gasteiger partial charge is 0.270 e. The first kappa shape index (κ1) is 15.2. The van der Waals surface area contributed by atoms with Gasteiger partial charge in [-0.3, -0.25) is 9.69 Å². The summed E-state index contributed by atoms with van der Waals surface area (Å²) < 4.78 is 13.4. The molecule has 0 saturated carbocycles. The monoisotopic (exact) mass is 349 g/mol. The molecule has 1 amide bonds. The van der Waals surface area contributed by atoms with E-state index in [2.05, 4.69) is 0 Å². The van der Waals surface area contributed by atoms with E-state index in [4.69, 9.17) is 23.8 Å². The van der Waals surface area contributed by atoms with E-state index < -0.39 is 0 Å². The topological polar surface area (TPSA) is 20.3 Å². The van der Waals surface area contributed by atoms with Crippen LogP contribution in [-0.2, 0) is 4.79 Å². The third kappa shape index (κ3) is 2.92. The van der Waals surface area contributed by atoms with Crippen LogP contribution in [0.15, 0.2) is 53.4 Å². The highest BCUT2D eigenvalue weighted by molar-refractivity contribution is 8.27. The van der Waals surface area contributed by atoms with Crippen molar-refractivity contribution < 1.29 is 9.18 Å². The van der Waals surface area contributed by atoms with Gasteiger partial charge in [0.05, 0.1) is 15.6 Å². The molecule has 0 aromatic heterocycles. The van der Waals surface area contributed by atoms with Crippen molar-refractivity contribution in [2.24, 2.45) is 0 Å². The summed E-state index contributed by atoms with van der Waals surface area (Å²) in [5.74, 6) is -0.548. The fourth-order valence-corrected chi connectivity index (χ4v) is 3.52. The summed E-state index contributed by atoms with van der Waals surface area (Å²) in [7, 11) is 0. The lowest BCUT2D eigenvalue weighted by Gasteiger charge is -2.15. The highest BCUT2D eigenvalue weighted by Gasteiger charge is 2.34. The van der Waals surface area contributed by atoms with Crippen molar-refractivity contribution in [1.82, 2.24) is 0 Å². The van der Waals surface area contributed by atoms with Crippen LogP contribution in [0.5, 0.6) is 0 Å². The molecule has 0 radical (unpaired) electrons. The molecule has 0 unspecified atom stereocenters. The van der Waals surface area contributed by atoms with Crippen LogP contribution in [0.25, 0.3) is 6.08 Å². The Labute approximate surface area is 141 Å². The van der Waals surface area contributed by atoms with Crippen LogP contribution >= 0.6 is 35.6 Å². The minimum absolute atomic E-state index is 0.229. The number of halogens is 2. The van der Waals surface area contributed by atoms with Crippen molar-refractivity contribution in [3.63, 3.8) is 0 Å². The first-order valence-electron chi connectivity index (χ1n) is 6.34. The van der Waals surface area contributed by atoms with Gasteiger partial charge in [-0.05, 0) is 35.9 Å². The van der Waals surface area contributed by atoms with Crippen molar-refractivity contribution in [2.45, 2.75) is 0 Å². The Hall–Kier alpha value is -1.69. The van der Waals surface area contributed by atoms with Gasteiger partial charge >= 0.3 is 0 Å². The van der Waals surface area contributed by atoms with E-state index in [1.54, 1.807) is 42.5 Å². The first-order valence-corrected chi connectivity index (χ1v) is 7.94. The van der Waals surface area contributed by atoms with Crippen LogP contribution in [0.2, 0.25) is 5.02 Å². The van der Waals surface area contributed by atoms with Gasteiger partial charge in [0.2, 0.25) is 0 Å². The average Bonchev–Trinajstić information content (AvgIpc) is 2.77. The van der Waals surface area contributed by atoms with Crippen LogP contribution in [-0.4, -0.2) is 10.2 Å². The first-order chi connectivity index (χ1) is 10.6. The molecule has 1 fully saturated rings. The van der Waals surface area contributed by atoms with Gasteiger partial charge in [0.15, 0.2) is 4.32 Å². The van der Waals surface area contributed by atoms with Crippen molar-refractivity contribution in [3.8, 4) is 0 Å². The Morgan fingerprint density at radius 1 is 1.14 bits per heavy atom. The maximum Gasteiger partial charge on any atom is 0.270 e. The second-order valence-electron chi connectivity index (χ2n) is 4.52. The second kappa shape index (κ2) is 6.20. The summed E-state index contributed by atoms with van der Waals surface area (Å²) in [4.78, 5) is 14.5. The lowest BCUT2D eigenvalue weighted by atomic mass is 10.2. The quantitative estimate of drug-likeness (QED) is 0.569. The highest BCUT2D eigenvalue weighted by atomic mass is 35.5. The summed E-state index contributed by atoms with van der Waals surface area (Å²) >= 11 is 12.6. The number of para-hydroxylation sites is 1. The number of nitrogens with zero attached hydrogens (tertiary/aromatic N) is 1. The molecule has 110 valence electrons. The predicted octanol–water partition coefficient (Wildman–Crippen LogP) is 4.88. The number of carbonyl (C=O) groups is 1. The Morgan fingerprint density at radius 2 is 1.82 bits per heavy atom. The number of hydrogen-bond acceptors (Lipinski definition) is 3. The number of benzene rings is 2. The Balaban J connectivity index is 1.95. The summed E-state index contributed by atoms with van der Waals surface area (Å²) in [6, 6.07) is 12.9. The molecule has 0 aliphatic carbocycles. The minimum atomic E-state index is -0.319. The number of amides is 1. The van der Waals surface area contributed by atoms with Gasteiger partial charge in [-0.2, -0.15) is 0 Å². The van der Waals surface area contributed by atoms with Gasteiger partial charge in [-0.1, -0.05) is 59.8 Å². The standard InChI is InChI=1S/C16H9ClFNOS2/c17-12-3-1-2-4-13(12)19-15(20)14(22-16(19)21)9-10-5-7-11(18)8-6-10/h1-9H. The zero-order valence-corrected chi connectivity index (χ0v) is 13.5. The number of anilines is 1. The molecule has 0 bridgehead atoms. The lowest BCUT2D eigenvalue weighted by Crippen LogP contribution is -2.27. The number of rotatable bonds is 2. The van der Waals surface area contributed by atoms with Gasteiger partial charge in [-0.25, -0.2) is 4.39 Å². The van der Waals surface area contributed by atoms with Crippen LogP contribution in [0.1, 0.15) is 5.56 Å². The maximum atomic E-state index is 12.9. The minimum Gasteiger partial charge on any atom is -0.268 e. The van der Waals surface area contributed by atoms with E-state index >= 15 is 0 Å². The van der Waals surface area contributed by atoms with E-state index in [-0.39, 0.29) is 11.7 Å².